The van der Waals surface area contributed by atoms with Crippen LogP contribution in [0.3, 0.4) is 0 Å². The molecule has 0 aliphatic heterocycles. The normalized spacial score (nSPS) is 13.3. The fourth-order valence-electron chi connectivity index (χ4n) is 2.70. The maximum absolute atomic E-state index is 4.98. The van der Waals surface area contributed by atoms with Crippen molar-refractivity contribution in [2.45, 2.75) is 72.4 Å². The predicted molar refractivity (Wildman–Crippen MR) is 96.5 cm³/mol. The monoisotopic (exact) mass is 298 g/mol. The molecule has 0 radical (unpaired) electrons. The van der Waals surface area contributed by atoms with E-state index in [0.29, 0.717) is 17.9 Å². The van der Waals surface area contributed by atoms with E-state index >= 15 is 0 Å². The van der Waals surface area contributed by atoms with Crippen LogP contribution in [-0.2, 0) is 6.54 Å². The highest BCUT2D eigenvalue weighted by molar-refractivity contribution is 5.85. The van der Waals surface area contributed by atoms with Crippen LogP contribution in [0.25, 0.3) is 10.9 Å². The van der Waals surface area contributed by atoms with E-state index in [-0.39, 0.29) is 0 Å². The Kier molecular flexibility index (Phi) is 5.57. The second-order valence-electron chi connectivity index (χ2n) is 6.95. The molecule has 0 bridgehead atoms. The van der Waals surface area contributed by atoms with E-state index in [1.165, 1.54) is 27.7 Å². The van der Waals surface area contributed by atoms with Crippen molar-refractivity contribution in [2.24, 2.45) is 0 Å². The van der Waals surface area contributed by atoms with E-state index in [1.54, 1.807) is 0 Å². The predicted octanol–water partition coefficient (Wildman–Crippen LogP) is 5.37. The quantitative estimate of drug-likeness (QED) is 0.775. The van der Waals surface area contributed by atoms with Crippen molar-refractivity contribution in [1.82, 2.24) is 10.3 Å². The summed E-state index contributed by atoms with van der Waals surface area (Å²) in [6, 6.07) is 9.43. The first-order chi connectivity index (χ1) is 10.4. The number of nitrogens with one attached hydrogen (secondary N) is 1. The van der Waals surface area contributed by atoms with Gasteiger partial charge in [-0.2, -0.15) is 0 Å². The molecule has 2 nitrogen and oxygen atoms in total. The molecule has 2 aromatic rings. The molecule has 0 fully saturated rings. The van der Waals surface area contributed by atoms with Gasteiger partial charge < -0.3 is 5.32 Å². The minimum absolute atomic E-state index is 0.451. The smallest absolute Gasteiger partial charge is 0.0743 e. The molecule has 0 spiro atoms. The Labute approximate surface area is 135 Å². The third-order valence-corrected chi connectivity index (χ3v) is 4.44. The van der Waals surface area contributed by atoms with Crippen LogP contribution in [0.15, 0.2) is 24.3 Å². The number of aromatic nitrogens is 1. The van der Waals surface area contributed by atoms with E-state index in [4.69, 9.17) is 4.98 Å². The number of hydrogen-bond acceptors (Lipinski definition) is 2. The molecule has 120 valence electrons. The maximum atomic E-state index is 4.98. The first-order valence-electron chi connectivity index (χ1n) is 8.59. The van der Waals surface area contributed by atoms with Gasteiger partial charge in [0.1, 0.15) is 0 Å². The number of hydrogen-bond donors (Lipinski definition) is 1. The fraction of sp³-hybridized carbons (Fsp3) is 0.550. The lowest BCUT2D eigenvalue weighted by atomic mass is 9.95. The van der Waals surface area contributed by atoms with Crippen molar-refractivity contribution in [1.29, 1.82) is 0 Å². The Bertz CT molecular complexity index is 629. The summed E-state index contributed by atoms with van der Waals surface area (Å²) >= 11 is 0. The summed E-state index contributed by atoms with van der Waals surface area (Å²) in [5.74, 6) is 0.945. The zero-order valence-electron chi connectivity index (χ0n) is 14.9. The Hall–Kier alpha value is -1.41. The van der Waals surface area contributed by atoms with Crippen LogP contribution in [-0.4, -0.2) is 11.0 Å². The molecule has 1 aromatic heterocycles. The molecule has 1 atom stereocenters. The van der Waals surface area contributed by atoms with Crippen LogP contribution in [0.5, 0.6) is 0 Å². The third kappa shape index (κ3) is 3.67. The molecule has 1 N–H and O–H groups in total. The lowest BCUT2D eigenvalue weighted by molar-refractivity contribution is 0.535. The van der Waals surface area contributed by atoms with Crippen LogP contribution in [0.2, 0.25) is 0 Å². The number of rotatable bonds is 6. The van der Waals surface area contributed by atoms with E-state index in [9.17, 15) is 0 Å². The van der Waals surface area contributed by atoms with Gasteiger partial charge in [0.15, 0.2) is 0 Å². The Morgan fingerprint density at radius 1 is 1.05 bits per heavy atom. The molecule has 0 saturated heterocycles. The minimum atomic E-state index is 0.451. The highest BCUT2D eigenvalue weighted by Crippen LogP contribution is 2.28. The molecule has 0 aliphatic carbocycles. The molecule has 0 aliphatic rings. The van der Waals surface area contributed by atoms with Gasteiger partial charge >= 0.3 is 0 Å². The zero-order chi connectivity index (χ0) is 16.3. The average molecular weight is 298 g/mol. The SMILES string of the molecule is CCC(C)NCc1cc(C(C)C)nc2c(C(C)C)cccc12. The molecule has 0 amide bonds. The van der Waals surface area contributed by atoms with Gasteiger partial charge in [0.25, 0.3) is 0 Å². The van der Waals surface area contributed by atoms with Crippen molar-refractivity contribution >= 4 is 10.9 Å². The number of pyridine rings is 1. The molecule has 1 aromatic carbocycles. The van der Waals surface area contributed by atoms with Crippen molar-refractivity contribution in [2.75, 3.05) is 0 Å². The van der Waals surface area contributed by atoms with Crippen LogP contribution in [0.1, 0.15) is 76.6 Å². The summed E-state index contributed by atoms with van der Waals surface area (Å²) in [7, 11) is 0. The Morgan fingerprint density at radius 3 is 2.36 bits per heavy atom. The molecular weight excluding hydrogens is 268 g/mol. The standard InChI is InChI=1S/C20H30N2/c1-7-15(6)21-12-16-11-19(14(4)5)22-20-17(13(2)3)9-8-10-18(16)20/h8-11,13-15,21H,7,12H2,1-6H3. The van der Waals surface area contributed by atoms with Gasteiger partial charge in [-0.25, -0.2) is 0 Å². The van der Waals surface area contributed by atoms with Crippen LogP contribution < -0.4 is 5.32 Å². The summed E-state index contributed by atoms with van der Waals surface area (Å²) in [6.07, 6.45) is 1.15. The summed E-state index contributed by atoms with van der Waals surface area (Å²) in [5.41, 5.74) is 5.10. The molecule has 22 heavy (non-hydrogen) atoms. The molecule has 0 saturated carbocycles. The molecule has 2 heteroatoms. The van der Waals surface area contributed by atoms with E-state index in [2.05, 4.69) is 71.1 Å². The second kappa shape index (κ2) is 7.23. The fourth-order valence-corrected chi connectivity index (χ4v) is 2.70. The van der Waals surface area contributed by atoms with Gasteiger partial charge in [-0.3, -0.25) is 4.98 Å². The molecule has 1 heterocycles. The number of fused-ring (bicyclic) bond motifs is 1. The lowest BCUT2D eigenvalue weighted by Crippen LogP contribution is -2.24. The largest absolute Gasteiger partial charge is 0.310 e. The van der Waals surface area contributed by atoms with Gasteiger partial charge in [-0.1, -0.05) is 52.8 Å². The topological polar surface area (TPSA) is 24.9 Å². The Morgan fingerprint density at radius 2 is 1.77 bits per heavy atom. The van der Waals surface area contributed by atoms with Gasteiger partial charge in [0.2, 0.25) is 0 Å². The van der Waals surface area contributed by atoms with Gasteiger partial charge in [0.05, 0.1) is 5.52 Å². The van der Waals surface area contributed by atoms with Gasteiger partial charge in [0, 0.05) is 23.7 Å². The number of nitrogens with zero attached hydrogens (tertiary/aromatic N) is 1. The van der Waals surface area contributed by atoms with Gasteiger partial charge in [-0.15, -0.1) is 0 Å². The van der Waals surface area contributed by atoms with Crippen LogP contribution in [0.4, 0.5) is 0 Å². The van der Waals surface area contributed by atoms with E-state index in [1.807, 2.05) is 0 Å². The van der Waals surface area contributed by atoms with Crippen molar-refractivity contribution in [3.8, 4) is 0 Å². The maximum Gasteiger partial charge on any atom is 0.0743 e. The lowest BCUT2D eigenvalue weighted by Gasteiger charge is -2.17. The zero-order valence-corrected chi connectivity index (χ0v) is 14.9. The van der Waals surface area contributed by atoms with E-state index in [0.717, 1.165) is 13.0 Å². The highest BCUT2D eigenvalue weighted by atomic mass is 14.9. The first-order valence-corrected chi connectivity index (χ1v) is 8.59. The summed E-state index contributed by atoms with van der Waals surface area (Å²) in [6.45, 7) is 14.3. The van der Waals surface area contributed by atoms with Crippen molar-refractivity contribution in [3.05, 3.63) is 41.1 Å². The molecular formula is C20H30N2. The molecule has 1 unspecified atom stereocenters. The van der Waals surface area contributed by atoms with Crippen molar-refractivity contribution in [3.63, 3.8) is 0 Å². The summed E-state index contributed by atoms with van der Waals surface area (Å²) in [5, 5.41) is 4.93. The number of para-hydroxylation sites is 1. The Balaban J connectivity index is 2.55. The third-order valence-electron chi connectivity index (χ3n) is 4.44. The average Bonchev–Trinajstić information content (AvgIpc) is 2.50. The van der Waals surface area contributed by atoms with Crippen molar-refractivity contribution < 1.29 is 0 Å². The van der Waals surface area contributed by atoms with Crippen LogP contribution >= 0.6 is 0 Å². The van der Waals surface area contributed by atoms with Gasteiger partial charge in [-0.05, 0) is 42.4 Å². The summed E-state index contributed by atoms with van der Waals surface area (Å²) < 4.78 is 0. The molecule has 2 rings (SSSR count). The second-order valence-corrected chi connectivity index (χ2v) is 6.95. The minimum Gasteiger partial charge on any atom is -0.310 e. The van der Waals surface area contributed by atoms with Crippen LogP contribution in [0, 0.1) is 0 Å². The number of benzene rings is 1. The summed E-state index contributed by atoms with van der Waals surface area (Å²) in [4.78, 5) is 4.98. The van der Waals surface area contributed by atoms with E-state index < -0.39 is 0 Å². The first kappa shape index (κ1) is 17.0. The highest BCUT2D eigenvalue weighted by Gasteiger charge is 2.13.